The molecule has 0 fully saturated rings. The predicted octanol–water partition coefficient (Wildman–Crippen LogP) is 4.69. The maximum Gasteiger partial charge on any atom is 0.255 e. The molecule has 1 N–H and O–H groups in total. The number of carbonyl (C=O) groups is 1. The van der Waals surface area contributed by atoms with Crippen LogP contribution in [-0.2, 0) is 0 Å². The molecule has 1 heterocycles. The van der Waals surface area contributed by atoms with Crippen molar-refractivity contribution in [3.63, 3.8) is 0 Å². The van der Waals surface area contributed by atoms with Crippen LogP contribution < -0.4 is 10.1 Å². The Morgan fingerprint density at radius 1 is 1.00 bits per heavy atom. The summed E-state index contributed by atoms with van der Waals surface area (Å²) in [7, 11) is 0. The zero-order chi connectivity index (χ0) is 20.2. The van der Waals surface area contributed by atoms with Gasteiger partial charge >= 0.3 is 0 Å². The number of fused-ring (bicyclic) bond motifs is 1. The van der Waals surface area contributed by atoms with E-state index in [1.54, 1.807) is 42.5 Å². The number of nitrogens with zero attached hydrogens (tertiary/aromatic N) is 3. The molecular formula is C22H13FN4O2. The van der Waals surface area contributed by atoms with Crippen molar-refractivity contribution in [1.82, 2.24) is 9.97 Å². The van der Waals surface area contributed by atoms with E-state index < -0.39 is 11.7 Å². The number of amides is 1. The smallest absolute Gasteiger partial charge is 0.255 e. The van der Waals surface area contributed by atoms with Gasteiger partial charge in [-0.05, 0) is 42.5 Å². The van der Waals surface area contributed by atoms with Crippen LogP contribution in [0.3, 0.4) is 0 Å². The average molecular weight is 384 g/mol. The molecule has 1 aromatic heterocycles. The molecule has 140 valence electrons. The van der Waals surface area contributed by atoms with E-state index in [0.29, 0.717) is 28.2 Å². The zero-order valence-corrected chi connectivity index (χ0v) is 15.0. The second-order valence-electron chi connectivity index (χ2n) is 6.11. The van der Waals surface area contributed by atoms with Gasteiger partial charge in [0.15, 0.2) is 5.69 Å². The van der Waals surface area contributed by atoms with Gasteiger partial charge in [0.05, 0.1) is 17.2 Å². The zero-order valence-electron chi connectivity index (χ0n) is 15.0. The van der Waals surface area contributed by atoms with E-state index in [1.165, 1.54) is 30.5 Å². The summed E-state index contributed by atoms with van der Waals surface area (Å²) in [4.78, 5) is 20.7. The number of anilines is 1. The van der Waals surface area contributed by atoms with E-state index in [4.69, 9.17) is 10.00 Å². The lowest BCUT2D eigenvalue weighted by atomic mass is 10.2. The maximum atomic E-state index is 13.3. The first-order valence-corrected chi connectivity index (χ1v) is 8.62. The van der Waals surface area contributed by atoms with Crippen LogP contribution in [0, 0.1) is 17.1 Å². The third-order valence-electron chi connectivity index (χ3n) is 4.04. The number of aromatic nitrogens is 2. The highest BCUT2D eigenvalue weighted by molar-refractivity contribution is 6.04. The SMILES string of the molecule is N#Cc1cnc2ccc(Oc3cccc(NC(=O)c4cccc(F)c4)c3)cc2n1. The molecule has 0 spiro atoms. The highest BCUT2D eigenvalue weighted by Gasteiger charge is 2.08. The number of halogens is 1. The summed E-state index contributed by atoms with van der Waals surface area (Å²) >= 11 is 0. The molecule has 4 aromatic rings. The number of nitrogens with one attached hydrogen (secondary N) is 1. The fraction of sp³-hybridized carbons (Fsp3) is 0. The molecule has 4 rings (SSSR count). The number of carbonyl (C=O) groups excluding carboxylic acids is 1. The van der Waals surface area contributed by atoms with Gasteiger partial charge in [0.1, 0.15) is 23.4 Å². The fourth-order valence-electron chi connectivity index (χ4n) is 2.72. The first-order chi connectivity index (χ1) is 14.1. The Balaban J connectivity index is 1.54. The van der Waals surface area contributed by atoms with E-state index in [2.05, 4.69) is 15.3 Å². The van der Waals surface area contributed by atoms with Crippen LogP contribution in [-0.4, -0.2) is 15.9 Å². The van der Waals surface area contributed by atoms with Crippen molar-refractivity contribution in [3.05, 3.63) is 90.0 Å². The van der Waals surface area contributed by atoms with Gasteiger partial charge in [-0.2, -0.15) is 5.26 Å². The second-order valence-corrected chi connectivity index (χ2v) is 6.11. The van der Waals surface area contributed by atoms with Gasteiger partial charge in [-0.25, -0.2) is 9.37 Å². The predicted molar refractivity (Wildman–Crippen MR) is 105 cm³/mol. The summed E-state index contributed by atoms with van der Waals surface area (Å²) in [5.74, 6) is 0.0987. The van der Waals surface area contributed by atoms with Gasteiger partial charge in [0.25, 0.3) is 5.91 Å². The number of rotatable bonds is 4. The van der Waals surface area contributed by atoms with Crippen molar-refractivity contribution in [2.75, 3.05) is 5.32 Å². The quantitative estimate of drug-likeness (QED) is 0.552. The molecule has 29 heavy (non-hydrogen) atoms. The molecule has 1 amide bonds. The monoisotopic (exact) mass is 384 g/mol. The molecule has 0 atom stereocenters. The first kappa shape index (κ1) is 18.1. The molecule has 3 aromatic carbocycles. The Bertz CT molecular complexity index is 1270. The van der Waals surface area contributed by atoms with Gasteiger partial charge in [-0.3, -0.25) is 9.78 Å². The lowest BCUT2D eigenvalue weighted by Gasteiger charge is -2.09. The third kappa shape index (κ3) is 4.17. The van der Waals surface area contributed by atoms with E-state index in [0.717, 1.165) is 0 Å². The maximum absolute atomic E-state index is 13.3. The van der Waals surface area contributed by atoms with Gasteiger partial charge in [-0.15, -0.1) is 0 Å². The molecule has 0 aliphatic rings. The van der Waals surface area contributed by atoms with E-state index >= 15 is 0 Å². The van der Waals surface area contributed by atoms with Crippen LogP contribution >= 0.6 is 0 Å². The van der Waals surface area contributed by atoms with Gasteiger partial charge in [-0.1, -0.05) is 12.1 Å². The topological polar surface area (TPSA) is 87.9 Å². The average Bonchev–Trinajstić information content (AvgIpc) is 2.73. The Hall–Kier alpha value is -4.31. The lowest BCUT2D eigenvalue weighted by Crippen LogP contribution is -2.11. The largest absolute Gasteiger partial charge is 0.457 e. The van der Waals surface area contributed by atoms with Crippen molar-refractivity contribution in [1.29, 1.82) is 5.26 Å². The molecule has 0 bridgehead atoms. The molecule has 7 heteroatoms. The molecule has 0 radical (unpaired) electrons. The molecule has 0 saturated heterocycles. The molecule has 0 saturated carbocycles. The van der Waals surface area contributed by atoms with Crippen molar-refractivity contribution >= 4 is 22.6 Å². The van der Waals surface area contributed by atoms with Gasteiger partial charge in [0, 0.05) is 23.4 Å². The summed E-state index contributed by atoms with van der Waals surface area (Å²) in [6.07, 6.45) is 1.41. The minimum Gasteiger partial charge on any atom is -0.457 e. The number of hydrogen-bond acceptors (Lipinski definition) is 5. The van der Waals surface area contributed by atoms with Crippen LogP contribution in [0.4, 0.5) is 10.1 Å². The van der Waals surface area contributed by atoms with Crippen LogP contribution in [0.1, 0.15) is 16.1 Å². The standard InChI is InChI=1S/C22H13FN4O2/c23-15-4-1-3-14(9-15)22(28)27-16-5-2-6-18(10-16)29-19-7-8-20-21(11-19)26-17(12-24)13-25-20/h1-11,13H,(H,27,28). The normalized spacial score (nSPS) is 10.3. The number of hydrogen-bond donors (Lipinski definition) is 1. The Kier molecular flexibility index (Phi) is 4.82. The van der Waals surface area contributed by atoms with Crippen molar-refractivity contribution < 1.29 is 13.9 Å². The molecular weight excluding hydrogens is 371 g/mol. The number of benzene rings is 3. The lowest BCUT2D eigenvalue weighted by molar-refractivity contribution is 0.102. The van der Waals surface area contributed by atoms with E-state index in [9.17, 15) is 9.18 Å². The van der Waals surface area contributed by atoms with Crippen LogP contribution in [0.25, 0.3) is 11.0 Å². The first-order valence-electron chi connectivity index (χ1n) is 8.62. The van der Waals surface area contributed by atoms with Crippen molar-refractivity contribution in [2.45, 2.75) is 0 Å². The summed E-state index contributed by atoms with van der Waals surface area (Å²) in [6, 6.07) is 19.4. The number of ether oxygens (including phenoxy) is 1. The van der Waals surface area contributed by atoms with E-state index in [-0.39, 0.29) is 11.3 Å². The minimum absolute atomic E-state index is 0.219. The van der Waals surface area contributed by atoms with Gasteiger partial charge < -0.3 is 10.1 Å². The van der Waals surface area contributed by atoms with Crippen LogP contribution in [0.2, 0.25) is 0 Å². The Labute approximate surface area is 165 Å². The molecule has 0 aliphatic carbocycles. The minimum atomic E-state index is -0.478. The Morgan fingerprint density at radius 3 is 2.66 bits per heavy atom. The second kappa shape index (κ2) is 7.74. The van der Waals surface area contributed by atoms with Crippen molar-refractivity contribution in [2.24, 2.45) is 0 Å². The molecule has 0 unspecified atom stereocenters. The van der Waals surface area contributed by atoms with Crippen LogP contribution in [0.15, 0.2) is 72.9 Å². The van der Waals surface area contributed by atoms with Crippen molar-refractivity contribution in [3.8, 4) is 17.6 Å². The van der Waals surface area contributed by atoms with Gasteiger partial charge in [0.2, 0.25) is 0 Å². The summed E-state index contributed by atoms with van der Waals surface area (Å²) < 4.78 is 19.1. The Morgan fingerprint density at radius 2 is 1.83 bits per heavy atom. The third-order valence-corrected chi connectivity index (χ3v) is 4.04. The molecule has 0 aliphatic heterocycles. The summed E-state index contributed by atoms with van der Waals surface area (Å²) in [5, 5.41) is 11.7. The van der Waals surface area contributed by atoms with E-state index in [1.807, 2.05) is 6.07 Å². The fourth-order valence-corrected chi connectivity index (χ4v) is 2.72. The summed E-state index contributed by atoms with van der Waals surface area (Å²) in [6.45, 7) is 0. The highest BCUT2D eigenvalue weighted by Crippen LogP contribution is 2.26. The summed E-state index contributed by atoms with van der Waals surface area (Å²) in [5.41, 5.74) is 2.13. The van der Waals surface area contributed by atoms with Crippen LogP contribution in [0.5, 0.6) is 11.5 Å². The highest BCUT2D eigenvalue weighted by atomic mass is 19.1. The number of nitriles is 1. The molecule has 6 nitrogen and oxygen atoms in total.